The van der Waals surface area contributed by atoms with Gasteiger partial charge in [-0.1, -0.05) is 258 Å². The minimum absolute atomic E-state index is 0.0917. The smallest absolute Gasteiger partial charge is 0.306 e. The van der Waals surface area contributed by atoms with Gasteiger partial charge in [0, 0.05) is 19.3 Å². The lowest BCUT2D eigenvalue weighted by Crippen LogP contribution is -2.30. The van der Waals surface area contributed by atoms with Crippen molar-refractivity contribution in [2.75, 3.05) is 13.2 Å². The van der Waals surface area contributed by atoms with Gasteiger partial charge in [-0.2, -0.15) is 0 Å². The van der Waals surface area contributed by atoms with Gasteiger partial charge in [0.2, 0.25) is 0 Å². The van der Waals surface area contributed by atoms with Crippen LogP contribution >= 0.6 is 0 Å². The predicted octanol–water partition coefficient (Wildman–Crippen LogP) is 19.6. The summed E-state index contributed by atoms with van der Waals surface area (Å²) in [5.41, 5.74) is 0. The van der Waals surface area contributed by atoms with E-state index in [1.54, 1.807) is 0 Å². The summed E-state index contributed by atoms with van der Waals surface area (Å²) >= 11 is 0. The molecule has 6 heteroatoms. The van der Waals surface area contributed by atoms with Gasteiger partial charge in [-0.05, 0) is 96.3 Å². The molecule has 0 aliphatic carbocycles. The number of allylic oxidation sites excluding steroid dienone is 20. The van der Waals surface area contributed by atoms with Crippen molar-refractivity contribution in [2.24, 2.45) is 0 Å². The Balaban J connectivity index is 4.20. The number of unbranched alkanes of at least 4 members (excludes halogenated alkanes) is 20. The fourth-order valence-electron chi connectivity index (χ4n) is 7.65. The maximum atomic E-state index is 12.8. The molecule has 1 unspecified atom stereocenters. The van der Waals surface area contributed by atoms with Gasteiger partial charge >= 0.3 is 17.9 Å². The molecule has 0 N–H and O–H groups in total. The van der Waals surface area contributed by atoms with Crippen LogP contribution in [0.1, 0.15) is 252 Å². The van der Waals surface area contributed by atoms with Gasteiger partial charge in [0.25, 0.3) is 0 Å². The fraction of sp³-hybridized carbons (Fsp3) is 0.646. The molecule has 0 saturated heterocycles. The third-order valence-corrected chi connectivity index (χ3v) is 12.0. The summed E-state index contributed by atoms with van der Waals surface area (Å²) in [4.78, 5) is 37.8. The number of ether oxygens (including phenoxy) is 3. The molecule has 0 fully saturated rings. The van der Waals surface area contributed by atoms with Crippen LogP contribution in [0.3, 0.4) is 0 Å². The Bertz CT molecular complexity index is 1500. The molecule has 0 aromatic carbocycles. The van der Waals surface area contributed by atoms with Gasteiger partial charge in [-0.15, -0.1) is 0 Å². The normalized spacial score (nSPS) is 13.0. The van der Waals surface area contributed by atoms with E-state index >= 15 is 0 Å². The highest BCUT2D eigenvalue weighted by atomic mass is 16.6. The summed E-state index contributed by atoms with van der Waals surface area (Å²) < 4.78 is 16.7. The maximum Gasteiger partial charge on any atom is 0.306 e. The van der Waals surface area contributed by atoms with E-state index in [2.05, 4.69) is 142 Å². The van der Waals surface area contributed by atoms with Crippen LogP contribution in [0, 0.1) is 0 Å². The minimum Gasteiger partial charge on any atom is -0.462 e. The molecular weight excluding hydrogens is 877 g/mol. The fourth-order valence-corrected chi connectivity index (χ4v) is 7.65. The molecule has 0 saturated carbocycles. The number of rotatable bonds is 51. The molecule has 0 aliphatic rings. The Morgan fingerprint density at radius 1 is 0.296 bits per heavy atom. The summed E-state index contributed by atoms with van der Waals surface area (Å²) in [6.45, 7) is 6.42. The highest BCUT2D eigenvalue weighted by molar-refractivity contribution is 5.71. The first kappa shape index (κ1) is 66.8. The Labute approximate surface area is 437 Å². The number of hydrogen-bond donors (Lipinski definition) is 0. The lowest BCUT2D eigenvalue weighted by atomic mass is 10.0. The van der Waals surface area contributed by atoms with E-state index in [9.17, 15) is 14.4 Å². The zero-order valence-corrected chi connectivity index (χ0v) is 45.9. The molecule has 0 amide bonds. The first-order valence-electron chi connectivity index (χ1n) is 29.0. The average molecular weight is 984 g/mol. The Morgan fingerprint density at radius 2 is 0.549 bits per heavy atom. The molecule has 0 aromatic heterocycles. The number of hydrogen-bond acceptors (Lipinski definition) is 6. The van der Waals surface area contributed by atoms with Crippen molar-refractivity contribution in [2.45, 2.75) is 258 Å². The van der Waals surface area contributed by atoms with Crippen molar-refractivity contribution in [1.82, 2.24) is 0 Å². The van der Waals surface area contributed by atoms with Crippen molar-refractivity contribution in [3.05, 3.63) is 122 Å². The number of carbonyl (C=O) groups excluding carboxylic acids is 3. The van der Waals surface area contributed by atoms with Crippen LogP contribution < -0.4 is 0 Å². The quantitative estimate of drug-likeness (QED) is 0.0261. The molecule has 402 valence electrons. The SMILES string of the molecule is CC/C=C\C/C=C\C/C=C\C/C=C\C/C=C\C/C=C\C/C=C\C/C=C\C/C=C\C/C=C\CCCCC(=O)OCC(COC(=O)CCCCCCCC)OC(=O)CCCCCCCCCCCCCCCC. The summed E-state index contributed by atoms with van der Waals surface area (Å²) in [5, 5.41) is 0. The van der Waals surface area contributed by atoms with Crippen molar-refractivity contribution >= 4 is 17.9 Å². The highest BCUT2D eigenvalue weighted by Crippen LogP contribution is 2.15. The van der Waals surface area contributed by atoms with Crippen molar-refractivity contribution in [1.29, 1.82) is 0 Å². The molecule has 0 aromatic rings. The topological polar surface area (TPSA) is 78.9 Å². The Hall–Kier alpha value is -4.19. The van der Waals surface area contributed by atoms with Gasteiger partial charge in [0.05, 0.1) is 0 Å². The average Bonchev–Trinajstić information content (AvgIpc) is 3.37. The molecule has 71 heavy (non-hydrogen) atoms. The molecule has 0 rings (SSSR count). The van der Waals surface area contributed by atoms with E-state index in [4.69, 9.17) is 14.2 Å². The minimum atomic E-state index is -0.792. The van der Waals surface area contributed by atoms with Crippen LogP contribution in [0.2, 0.25) is 0 Å². The summed E-state index contributed by atoms with van der Waals surface area (Å²) in [5.74, 6) is -0.948. The summed E-state index contributed by atoms with van der Waals surface area (Å²) in [6.07, 6.45) is 80.9. The van der Waals surface area contributed by atoms with Crippen LogP contribution in [-0.4, -0.2) is 37.2 Å². The van der Waals surface area contributed by atoms with Crippen LogP contribution in [-0.2, 0) is 28.6 Å². The van der Waals surface area contributed by atoms with Crippen LogP contribution in [0.4, 0.5) is 0 Å². The van der Waals surface area contributed by atoms with Crippen LogP contribution in [0.5, 0.6) is 0 Å². The van der Waals surface area contributed by atoms with E-state index in [-0.39, 0.29) is 31.1 Å². The Morgan fingerprint density at radius 3 is 0.859 bits per heavy atom. The van der Waals surface area contributed by atoms with E-state index < -0.39 is 6.10 Å². The lowest BCUT2D eigenvalue weighted by Gasteiger charge is -2.18. The number of carbonyl (C=O) groups is 3. The van der Waals surface area contributed by atoms with Gasteiger partial charge in [-0.25, -0.2) is 0 Å². The van der Waals surface area contributed by atoms with E-state index in [0.29, 0.717) is 19.3 Å². The van der Waals surface area contributed by atoms with Crippen molar-refractivity contribution in [3.63, 3.8) is 0 Å². The van der Waals surface area contributed by atoms with Gasteiger partial charge in [0.15, 0.2) is 6.10 Å². The lowest BCUT2D eigenvalue weighted by molar-refractivity contribution is -0.167. The molecule has 0 spiro atoms. The first-order chi connectivity index (χ1) is 35.0. The third-order valence-electron chi connectivity index (χ3n) is 12.0. The molecule has 0 radical (unpaired) electrons. The molecule has 0 aliphatic heterocycles. The second-order valence-electron chi connectivity index (χ2n) is 18.8. The van der Waals surface area contributed by atoms with Crippen LogP contribution in [0.15, 0.2) is 122 Å². The second kappa shape index (κ2) is 58.4. The van der Waals surface area contributed by atoms with E-state index in [0.717, 1.165) is 122 Å². The zero-order chi connectivity index (χ0) is 51.4. The van der Waals surface area contributed by atoms with Gasteiger partial charge < -0.3 is 14.2 Å². The van der Waals surface area contributed by atoms with E-state index in [1.165, 1.54) is 89.9 Å². The van der Waals surface area contributed by atoms with E-state index in [1.807, 2.05) is 0 Å². The molecule has 0 bridgehead atoms. The third kappa shape index (κ3) is 56.6. The molecule has 1 atom stereocenters. The maximum absolute atomic E-state index is 12.8. The second-order valence-corrected chi connectivity index (χ2v) is 18.8. The monoisotopic (exact) mass is 983 g/mol. The Kier molecular flexibility index (Phi) is 54.9. The molecule has 6 nitrogen and oxygen atoms in total. The van der Waals surface area contributed by atoms with Crippen molar-refractivity contribution < 1.29 is 28.6 Å². The molecular formula is C65H106O6. The predicted molar refractivity (Wildman–Crippen MR) is 306 cm³/mol. The summed E-state index contributed by atoms with van der Waals surface area (Å²) in [7, 11) is 0. The van der Waals surface area contributed by atoms with Gasteiger partial charge in [-0.3, -0.25) is 14.4 Å². The van der Waals surface area contributed by atoms with Gasteiger partial charge in [0.1, 0.15) is 13.2 Å². The largest absolute Gasteiger partial charge is 0.462 e. The standard InChI is InChI=1S/C65H106O6/c1-4-7-10-13-16-18-20-22-24-25-26-27-28-29-30-31-32-33-34-35-36-37-38-39-40-41-42-44-45-47-49-52-55-58-64(67)70-61-62(60-69-63(66)57-54-51-15-12-9-6-3)71-65(68)59-56-53-50-48-46-43-23-21-19-17-14-11-8-5-2/h7,10,16,18,22,24,26-27,29-30,32-33,35-36,38-39,41-42,45,47,62H,4-6,8-9,11-15,17,19-21,23,25,28,31,34,37,40,43-44,46,48-61H2,1-3H3/b10-7-,18-16-,24-22-,27-26-,30-29-,33-32-,36-35-,39-38-,42-41-,47-45-. The highest BCUT2D eigenvalue weighted by Gasteiger charge is 2.19. The summed E-state index contributed by atoms with van der Waals surface area (Å²) in [6, 6.07) is 0. The zero-order valence-electron chi connectivity index (χ0n) is 45.9. The van der Waals surface area contributed by atoms with Crippen molar-refractivity contribution in [3.8, 4) is 0 Å². The van der Waals surface area contributed by atoms with Crippen LogP contribution in [0.25, 0.3) is 0 Å². The first-order valence-corrected chi connectivity index (χ1v) is 29.0. The molecule has 0 heterocycles. The number of esters is 3.